The molecule has 0 saturated carbocycles. The van der Waals surface area contributed by atoms with Crippen molar-refractivity contribution in [3.05, 3.63) is 34.9 Å². The largest absolute Gasteiger partial charge is 0.361 e. The molecule has 0 aliphatic carbocycles. The highest BCUT2D eigenvalue weighted by Crippen LogP contribution is 2.18. The van der Waals surface area contributed by atoms with Crippen molar-refractivity contribution < 1.29 is 9.59 Å². The van der Waals surface area contributed by atoms with Crippen LogP contribution in [0.2, 0.25) is 0 Å². The maximum absolute atomic E-state index is 11.0. The molecule has 4 heteroatoms. The van der Waals surface area contributed by atoms with Gasteiger partial charge in [-0.3, -0.25) is 9.59 Å². The van der Waals surface area contributed by atoms with Gasteiger partial charge in [0.15, 0.2) is 0 Å². The van der Waals surface area contributed by atoms with E-state index in [4.69, 9.17) is 5.73 Å². The summed E-state index contributed by atoms with van der Waals surface area (Å²) in [7, 11) is 0. The fourth-order valence-corrected chi connectivity index (χ4v) is 1.72. The summed E-state index contributed by atoms with van der Waals surface area (Å²) in [6.07, 6.45) is 0.700. The van der Waals surface area contributed by atoms with E-state index in [1.807, 2.05) is 6.92 Å². The zero-order valence-electron chi connectivity index (χ0n) is 11.1. The van der Waals surface area contributed by atoms with E-state index in [1.54, 1.807) is 0 Å². The topological polar surface area (TPSA) is 72.2 Å². The molecule has 0 spiro atoms. The van der Waals surface area contributed by atoms with Crippen molar-refractivity contribution in [2.75, 3.05) is 6.54 Å². The average Bonchev–Trinajstić information content (AvgIpc) is 2.30. The van der Waals surface area contributed by atoms with Crippen LogP contribution in [0, 0.1) is 6.92 Å². The van der Waals surface area contributed by atoms with Gasteiger partial charge in [0, 0.05) is 6.54 Å². The third kappa shape index (κ3) is 3.87. The van der Waals surface area contributed by atoms with E-state index in [2.05, 4.69) is 37.4 Å². The summed E-state index contributed by atoms with van der Waals surface area (Å²) >= 11 is 0. The Morgan fingerprint density at radius 1 is 1.33 bits per heavy atom. The predicted molar refractivity (Wildman–Crippen MR) is 71.2 cm³/mol. The minimum absolute atomic E-state index is 0.421. The van der Waals surface area contributed by atoms with Crippen LogP contribution in [-0.4, -0.2) is 18.4 Å². The molecule has 0 saturated heterocycles. The first-order chi connectivity index (χ1) is 8.41. The van der Waals surface area contributed by atoms with Crippen LogP contribution < -0.4 is 11.1 Å². The van der Waals surface area contributed by atoms with Crippen LogP contribution in [0.5, 0.6) is 0 Å². The molecule has 0 aromatic heterocycles. The molecule has 0 fully saturated rings. The maximum atomic E-state index is 11.0. The van der Waals surface area contributed by atoms with Gasteiger partial charge in [0.25, 0.3) is 0 Å². The molecule has 18 heavy (non-hydrogen) atoms. The number of nitrogens with two attached hydrogens (primary N) is 1. The first kappa shape index (κ1) is 14.2. The second-order valence-corrected chi connectivity index (χ2v) is 4.71. The normalized spacial score (nSPS) is 10.4. The molecule has 1 aromatic carbocycles. The Hall–Kier alpha value is -1.84. The van der Waals surface area contributed by atoms with Gasteiger partial charge in [0.1, 0.15) is 0 Å². The van der Waals surface area contributed by atoms with E-state index < -0.39 is 11.8 Å². The molecular formula is C14H20N2O2. The third-order valence-corrected chi connectivity index (χ3v) is 2.94. The summed E-state index contributed by atoms with van der Waals surface area (Å²) in [6, 6.07) is 6.35. The number of primary amides is 1. The van der Waals surface area contributed by atoms with E-state index >= 15 is 0 Å². The van der Waals surface area contributed by atoms with Crippen molar-refractivity contribution >= 4 is 11.8 Å². The summed E-state index contributed by atoms with van der Waals surface area (Å²) in [4.78, 5) is 21.6. The molecule has 0 aliphatic rings. The van der Waals surface area contributed by atoms with Gasteiger partial charge in [-0.2, -0.15) is 0 Å². The lowest BCUT2D eigenvalue weighted by atomic mass is 9.96. The summed E-state index contributed by atoms with van der Waals surface area (Å²) in [5.41, 5.74) is 8.51. The molecule has 98 valence electrons. The second kappa shape index (κ2) is 6.19. The van der Waals surface area contributed by atoms with Crippen molar-refractivity contribution in [3.8, 4) is 0 Å². The molecule has 1 rings (SSSR count). The van der Waals surface area contributed by atoms with E-state index in [9.17, 15) is 9.59 Å². The van der Waals surface area contributed by atoms with Gasteiger partial charge in [0.05, 0.1) is 0 Å². The van der Waals surface area contributed by atoms with Crippen molar-refractivity contribution in [2.24, 2.45) is 5.73 Å². The highest BCUT2D eigenvalue weighted by molar-refractivity contribution is 6.34. The Morgan fingerprint density at radius 2 is 2.00 bits per heavy atom. The van der Waals surface area contributed by atoms with Crippen LogP contribution in [0.1, 0.15) is 36.5 Å². The summed E-state index contributed by atoms with van der Waals surface area (Å²) < 4.78 is 0. The molecule has 0 radical (unpaired) electrons. The van der Waals surface area contributed by atoms with E-state index in [-0.39, 0.29) is 0 Å². The quantitative estimate of drug-likeness (QED) is 0.787. The molecule has 4 nitrogen and oxygen atoms in total. The fraction of sp³-hybridized carbons (Fsp3) is 0.429. The molecule has 2 amide bonds. The van der Waals surface area contributed by atoms with Crippen molar-refractivity contribution in [3.63, 3.8) is 0 Å². The monoisotopic (exact) mass is 248 g/mol. The van der Waals surface area contributed by atoms with Gasteiger partial charge in [-0.25, -0.2) is 0 Å². The Bertz CT molecular complexity index is 453. The number of carbonyl (C=O) groups excluding carboxylic acids is 2. The molecule has 0 unspecified atom stereocenters. The van der Waals surface area contributed by atoms with E-state index in [1.165, 1.54) is 16.7 Å². The molecule has 0 heterocycles. The van der Waals surface area contributed by atoms with Gasteiger partial charge >= 0.3 is 11.8 Å². The third-order valence-electron chi connectivity index (χ3n) is 2.94. The Morgan fingerprint density at radius 3 is 2.56 bits per heavy atom. The molecule has 1 aromatic rings. The summed E-state index contributed by atoms with van der Waals surface area (Å²) in [6.45, 7) is 6.74. The van der Waals surface area contributed by atoms with Crippen LogP contribution in [0.25, 0.3) is 0 Å². The fourth-order valence-electron chi connectivity index (χ4n) is 1.72. The van der Waals surface area contributed by atoms with Gasteiger partial charge in [-0.1, -0.05) is 32.0 Å². The van der Waals surface area contributed by atoms with Crippen molar-refractivity contribution in [1.82, 2.24) is 5.32 Å². The lowest BCUT2D eigenvalue weighted by molar-refractivity contribution is -0.137. The van der Waals surface area contributed by atoms with Crippen LogP contribution in [0.15, 0.2) is 18.2 Å². The number of benzene rings is 1. The highest BCUT2D eigenvalue weighted by Gasteiger charge is 2.08. The van der Waals surface area contributed by atoms with Gasteiger partial charge in [-0.15, -0.1) is 0 Å². The number of rotatable bonds is 4. The predicted octanol–water partition coefficient (Wildman–Crippen LogP) is 1.26. The first-order valence-electron chi connectivity index (χ1n) is 6.09. The molecule has 0 aliphatic heterocycles. The van der Waals surface area contributed by atoms with Crippen molar-refractivity contribution in [2.45, 2.75) is 33.1 Å². The number of hydrogen-bond donors (Lipinski definition) is 2. The molecule has 3 N–H and O–H groups in total. The van der Waals surface area contributed by atoms with Gasteiger partial charge in [0.2, 0.25) is 0 Å². The molecule has 0 atom stereocenters. The number of hydrogen-bond acceptors (Lipinski definition) is 2. The molecular weight excluding hydrogens is 228 g/mol. The SMILES string of the molecule is Cc1ccc(C(C)C)cc1CCNC(=O)C(N)=O. The highest BCUT2D eigenvalue weighted by atomic mass is 16.2. The summed E-state index contributed by atoms with van der Waals surface area (Å²) in [5.74, 6) is -1.19. The zero-order valence-corrected chi connectivity index (χ0v) is 11.1. The second-order valence-electron chi connectivity index (χ2n) is 4.71. The summed E-state index contributed by atoms with van der Waals surface area (Å²) in [5, 5.41) is 2.49. The van der Waals surface area contributed by atoms with Crippen LogP contribution in [-0.2, 0) is 16.0 Å². The van der Waals surface area contributed by atoms with E-state index in [0.29, 0.717) is 18.9 Å². The first-order valence-corrected chi connectivity index (χ1v) is 6.09. The van der Waals surface area contributed by atoms with E-state index in [0.717, 1.165) is 0 Å². The Balaban J connectivity index is 2.64. The minimum atomic E-state index is -0.942. The lowest BCUT2D eigenvalue weighted by Gasteiger charge is -2.11. The van der Waals surface area contributed by atoms with Gasteiger partial charge in [-0.05, 0) is 36.0 Å². The minimum Gasteiger partial charge on any atom is -0.361 e. The van der Waals surface area contributed by atoms with Crippen LogP contribution in [0.4, 0.5) is 0 Å². The number of carbonyl (C=O) groups is 2. The lowest BCUT2D eigenvalue weighted by Crippen LogP contribution is -2.37. The average molecular weight is 248 g/mol. The number of nitrogens with one attached hydrogen (secondary N) is 1. The number of amides is 2. The Kier molecular flexibility index (Phi) is 4.89. The van der Waals surface area contributed by atoms with Gasteiger partial charge < -0.3 is 11.1 Å². The zero-order chi connectivity index (χ0) is 13.7. The smallest absolute Gasteiger partial charge is 0.309 e. The Labute approximate surface area is 108 Å². The number of aryl methyl sites for hydroxylation is 1. The van der Waals surface area contributed by atoms with Crippen LogP contribution in [0.3, 0.4) is 0 Å². The van der Waals surface area contributed by atoms with Crippen LogP contribution >= 0.6 is 0 Å². The van der Waals surface area contributed by atoms with Crippen molar-refractivity contribution in [1.29, 1.82) is 0 Å². The maximum Gasteiger partial charge on any atom is 0.309 e. The standard InChI is InChI=1S/C14H20N2O2/c1-9(2)11-5-4-10(3)12(8-11)6-7-16-14(18)13(15)17/h4-5,8-9H,6-7H2,1-3H3,(H2,15,17)(H,16,18). The molecule has 0 bridgehead atoms.